The van der Waals surface area contributed by atoms with Gasteiger partial charge in [-0.05, 0) is 24.1 Å². The Bertz CT molecular complexity index is 550. The zero-order chi connectivity index (χ0) is 11.9. The molecule has 86 valence electrons. The number of rotatable bonds is 1. The summed E-state index contributed by atoms with van der Waals surface area (Å²) in [6.07, 6.45) is 0.377. The average Bonchev–Trinajstić information content (AvgIpc) is 2.23. The summed E-state index contributed by atoms with van der Waals surface area (Å²) >= 11 is 0. The van der Waals surface area contributed by atoms with Crippen LogP contribution in [0.2, 0.25) is 0 Å². The molecule has 0 radical (unpaired) electrons. The summed E-state index contributed by atoms with van der Waals surface area (Å²) in [6.45, 7) is 0. The molecule has 0 aliphatic carbocycles. The highest BCUT2D eigenvalue weighted by Crippen LogP contribution is 2.31. The molecule has 0 unspecified atom stereocenters. The molecule has 0 fully saturated rings. The van der Waals surface area contributed by atoms with Crippen LogP contribution in [0.4, 0.5) is 0 Å². The molecule has 6 heteroatoms. The number of carboxylic acid groups (broad SMARTS) is 1. The Hall–Kier alpha value is -1.40. The summed E-state index contributed by atoms with van der Waals surface area (Å²) in [5.74, 6) is -1.17. The summed E-state index contributed by atoms with van der Waals surface area (Å²) in [5, 5.41) is 8.80. The van der Waals surface area contributed by atoms with Gasteiger partial charge in [-0.15, -0.1) is 0 Å². The van der Waals surface area contributed by atoms with Crippen molar-refractivity contribution in [1.29, 1.82) is 0 Å². The number of sulfone groups is 1. The van der Waals surface area contributed by atoms with Gasteiger partial charge in [-0.3, -0.25) is 0 Å². The molecule has 0 bridgehead atoms. The Morgan fingerprint density at radius 1 is 1.44 bits per heavy atom. The van der Waals surface area contributed by atoms with Gasteiger partial charge < -0.3 is 10.8 Å². The molecule has 3 N–H and O–H groups in total. The van der Waals surface area contributed by atoms with Gasteiger partial charge in [0.25, 0.3) is 0 Å². The van der Waals surface area contributed by atoms with Gasteiger partial charge in [0.05, 0.1) is 16.2 Å². The third-order valence-electron chi connectivity index (χ3n) is 2.69. The number of carboxylic acids is 1. The van der Waals surface area contributed by atoms with Crippen LogP contribution in [-0.4, -0.2) is 25.2 Å². The Morgan fingerprint density at radius 2 is 2.12 bits per heavy atom. The molecule has 16 heavy (non-hydrogen) atoms. The number of benzene rings is 1. The lowest BCUT2D eigenvalue weighted by Crippen LogP contribution is -2.25. The monoisotopic (exact) mass is 241 g/mol. The Labute approximate surface area is 92.8 Å². The van der Waals surface area contributed by atoms with E-state index in [0.717, 1.165) is 0 Å². The Morgan fingerprint density at radius 3 is 2.75 bits per heavy atom. The standard InChI is InChI=1S/C10H11NO4S/c11-8-3-4-16(14,15)9-5-6(10(12)13)1-2-7(8)9/h1-2,5,8H,3-4,11H2,(H,12,13)/t8-/m1/s1. The van der Waals surface area contributed by atoms with Crippen molar-refractivity contribution in [3.05, 3.63) is 29.3 Å². The van der Waals surface area contributed by atoms with Gasteiger partial charge >= 0.3 is 5.97 Å². The lowest BCUT2D eigenvalue weighted by Gasteiger charge is -2.22. The van der Waals surface area contributed by atoms with Crippen molar-refractivity contribution in [2.75, 3.05) is 5.75 Å². The lowest BCUT2D eigenvalue weighted by atomic mass is 10.0. The van der Waals surface area contributed by atoms with Crippen molar-refractivity contribution in [1.82, 2.24) is 0 Å². The van der Waals surface area contributed by atoms with E-state index in [0.29, 0.717) is 12.0 Å². The molecule has 1 aliphatic heterocycles. The number of fused-ring (bicyclic) bond motifs is 1. The van der Waals surface area contributed by atoms with Gasteiger partial charge in [0.15, 0.2) is 9.84 Å². The molecule has 0 amide bonds. The van der Waals surface area contributed by atoms with Crippen LogP contribution in [0.25, 0.3) is 0 Å². The van der Waals surface area contributed by atoms with Crippen molar-refractivity contribution in [3.63, 3.8) is 0 Å². The lowest BCUT2D eigenvalue weighted by molar-refractivity contribution is 0.0696. The molecule has 0 saturated heterocycles. The van der Waals surface area contributed by atoms with E-state index in [-0.39, 0.29) is 22.3 Å². The zero-order valence-corrected chi connectivity index (χ0v) is 9.20. The zero-order valence-electron chi connectivity index (χ0n) is 8.38. The largest absolute Gasteiger partial charge is 0.478 e. The number of nitrogens with two attached hydrogens (primary N) is 1. The van der Waals surface area contributed by atoms with E-state index in [1.807, 2.05) is 0 Å². The smallest absolute Gasteiger partial charge is 0.335 e. The third-order valence-corrected chi connectivity index (χ3v) is 4.49. The second kappa shape index (κ2) is 3.57. The van der Waals surface area contributed by atoms with Crippen LogP contribution in [-0.2, 0) is 9.84 Å². The fourth-order valence-electron chi connectivity index (χ4n) is 1.79. The quantitative estimate of drug-likeness (QED) is 0.748. The predicted octanol–water partition coefficient (Wildman–Crippen LogP) is 0.562. The van der Waals surface area contributed by atoms with E-state index >= 15 is 0 Å². The van der Waals surface area contributed by atoms with Gasteiger partial charge in [-0.2, -0.15) is 0 Å². The molecule has 2 rings (SSSR count). The maximum absolute atomic E-state index is 11.7. The first-order valence-electron chi connectivity index (χ1n) is 4.77. The first-order chi connectivity index (χ1) is 7.42. The highest BCUT2D eigenvalue weighted by atomic mass is 32.2. The molecule has 1 heterocycles. The van der Waals surface area contributed by atoms with Gasteiger partial charge in [0.1, 0.15) is 0 Å². The molecular weight excluding hydrogens is 230 g/mol. The van der Waals surface area contributed by atoms with Crippen LogP contribution in [0.1, 0.15) is 28.4 Å². The summed E-state index contributed by atoms with van der Waals surface area (Å²) in [5.41, 5.74) is 6.26. The molecule has 1 aliphatic rings. The van der Waals surface area contributed by atoms with Gasteiger partial charge in [0, 0.05) is 6.04 Å². The molecule has 0 saturated carbocycles. The van der Waals surface area contributed by atoms with Crippen molar-refractivity contribution in [2.24, 2.45) is 5.73 Å². The summed E-state index contributed by atoms with van der Waals surface area (Å²) in [6, 6.07) is 3.72. The second-order valence-corrected chi connectivity index (χ2v) is 5.85. The number of aromatic carboxylic acids is 1. The fourth-order valence-corrected chi connectivity index (χ4v) is 3.46. The van der Waals surface area contributed by atoms with Gasteiger partial charge in [-0.1, -0.05) is 6.07 Å². The first kappa shape index (κ1) is 11.1. The van der Waals surface area contributed by atoms with Crippen LogP contribution in [0.5, 0.6) is 0 Å². The van der Waals surface area contributed by atoms with E-state index in [9.17, 15) is 13.2 Å². The van der Waals surface area contributed by atoms with Crippen molar-refractivity contribution < 1.29 is 18.3 Å². The Kier molecular flexibility index (Phi) is 2.47. The van der Waals surface area contributed by atoms with Gasteiger partial charge in [0.2, 0.25) is 0 Å². The predicted molar refractivity (Wildman–Crippen MR) is 57.0 cm³/mol. The van der Waals surface area contributed by atoms with Crippen molar-refractivity contribution in [3.8, 4) is 0 Å². The molecule has 5 nitrogen and oxygen atoms in total. The average molecular weight is 241 g/mol. The van der Waals surface area contributed by atoms with E-state index in [1.165, 1.54) is 18.2 Å². The fraction of sp³-hybridized carbons (Fsp3) is 0.300. The van der Waals surface area contributed by atoms with Crippen LogP contribution in [0, 0.1) is 0 Å². The summed E-state index contributed by atoms with van der Waals surface area (Å²) in [7, 11) is -3.37. The minimum Gasteiger partial charge on any atom is -0.478 e. The van der Waals surface area contributed by atoms with Crippen molar-refractivity contribution >= 4 is 15.8 Å². The van der Waals surface area contributed by atoms with Crippen LogP contribution in [0.3, 0.4) is 0 Å². The van der Waals surface area contributed by atoms with Gasteiger partial charge in [-0.25, -0.2) is 13.2 Å². The normalized spacial score (nSPS) is 22.4. The summed E-state index contributed by atoms with van der Waals surface area (Å²) < 4.78 is 23.5. The number of carbonyl (C=O) groups is 1. The van der Waals surface area contributed by atoms with Crippen LogP contribution < -0.4 is 5.73 Å². The Balaban J connectivity index is 2.67. The van der Waals surface area contributed by atoms with E-state index in [4.69, 9.17) is 10.8 Å². The number of hydrogen-bond acceptors (Lipinski definition) is 4. The minimum atomic E-state index is -3.37. The second-order valence-electron chi connectivity index (χ2n) is 3.77. The van der Waals surface area contributed by atoms with E-state index in [1.54, 1.807) is 0 Å². The molecular formula is C10H11NO4S. The van der Waals surface area contributed by atoms with Crippen molar-refractivity contribution in [2.45, 2.75) is 17.4 Å². The molecule has 0 spiro atoms. The third kappa shape index (κ3) is 1.70. The molecule has 1 aromatic rings. The highest BCUT2D eigenvalue weighted by molar-refractivity contribution is 7.91. The maximum atomic E-state index is 11.7. The maximum Gasteiger partial charge on any atom is 0.335 e. The molecule has 1 atom stereocenters. The van der Waals surface area contributed by atoms with E-state index < -0.39 is 15.8 Å². The topological polar surface area (TPSA) is 97.5 Å². The minimum absolute atomic E-state index is 0.0236. The molecule has 0 aromatic heterocycles. The summed E-state index contributed by atoms with van der Waals surface area (Å²) in [4.78, 5) is 10.8. The highest BCUT2D eigenvalue weighted by Gasteiger charge is 2.29. The first-order valence-corrected chi connectivity index (χ1v) is 6.42. The molecule has 1 aromatic carbocycles. The number of hydrogen-bond donors (Lipinski definition) is 2. The SMILES string of the molecule is N[C@@H]1CCS(=O)(=O)c2cc(C(=O)O)ccc21. The van der Waals surface area contributed by atoms with Crippen LogP contribution in [0.15, 0.2) is 23.1 Å². The van der Waals surface area contributed by atoms with E-state index in [2.05, 4.69) is 0 Å². The van der Waals surface area contributed by atoms with Crippen LogP contribution >= 0.6 is 0 Å².